The molecule has 2 aromatic heterocycles. The Morgan fingerprint density at radius 2 is 2.46 bits per heavy atom. The van der Waals surface area contributed by atoms with Gasteiger partial charge in [0.05, 0.1) is 6.20 Å². The lowest BCUT2D eigenvalue weighted by Gasteiger charge is -1.96. The normalized spacial score (nSPS) is 10.2. The molecule has 2 aromatic rings. The van der Waals surface area contributed by atoms with E-state index in [4.69, 9.17) is 5.84 Å². The number of hydrazine groups is 1. The van der Waals surface area contributed by atoms with Crippen LogP contribution in [0.5, 0.6) is 0 Å². The van der Waals surface area contributed by atoms with E-state index >= 15 is 0 Å². The first-order chi connectivity index (χ1) is 6.33. The van der Waals surface area contributed by atoms with Crippen LogP contribution in [-0.2, 0) is 0 Å². The Bertz CT molecular complexity index is 449. The monoisotopic (exact) mass is 177 g/mol. The van der Waals surface area contributed by atoms with Gasteiger partial charge in [0.25, 0.3) is 5.91 Å². The Kier molecular flexibility index (Phi) is 1.67. The summed E-state index contributed by atoms with van der Waals surface area (Å²) in [5.41, 5.74) is 2.95. The summed E-state index contributed by atoms with van der Waals surface area (Å²) in [5, 5.41) is 3.95. The van der Waals surface area contributed by atoms with Gasteiger partial charge in [-0.3, -0.25) is 10.2 Å². The summed E-state index contributed by atoms with van der Waals surface area (Å²) >= 11 is 0. The summed E-state index contributed by atoms with van der Waals surface area (Å²) in [6, 6.07) is 3.49. The number of hydrogen-bond donors (Lipinski definition) is 2. The summed E-state index contributed by atoms with van der Waals surface area (Å²) in [6.45, 7) is 0. The lowest BCUT2D eigenvalue weighted by Crippen LogP contribution is -2.31. The molecule has 66 valence electrons. The highest BCUT2D eigenvalue weighted by Crippen LogP contribution is 2.02. The van der Waals surface area contributed by atoms with Gasteiger partial charge in [0, 0.05) is 6.20 Å². The van der Waals surface area contributed by atoms with Crippen molar-refractivity contribution in [1.29, 1.82) is 0 Å². The molecule has 2 heterocycles. The van der Waals surface area contributed by atoms with Crippen LogP contribution in [0.15, 0.2) is 24.5 Å². The number of nitrogens with two attached hydrogens (primary N) is 1. The third kappa shape index (κ3) is 1.13. The van der Waals surface area contributed by atoms with Crippen molar-refractivity contribution in [3.63, 3.8) is 0 Å². The highest BCUT2D eigenvalue weighted by molar-refractivity contribution is 5.92. The third-order valence-corrected chi connectivity index (χ3v) is 1.64. The predicted octanol–water partition coefficient (Wildman–Crippen LogP) is -0.667. The quantitative estimate of drug-likeness (QED) is 0.344. The Morgan fingerprint density at radius 3 is 3.23 bits per heavy atom. The Hall–Kier alpha value is -1.95. The molecule has 0 aliphatic rings. The number of nitrogens with one attached hydrogen (secondary N) is 1. The Balaban J connectivity index is 2.64. The van der Waals surface area contributed by atoms with Crippen molar-refractivity contribution < 1.29 is 4.79 Å². The van der Waals surface area contributed by atoms with Gasteiger partial charge in [0.15, 0.2) is 11.3 Å². The number of nitrogens with zero attached hydrogens (tertiary/aromatic N) is 3. The largest absolute Gasteiger partial charge is 0.289 e. The number of hydrogen-bond acceptors (Lipinski definition) is 4. The lowest BCUT2D eigenvalue weighted by molar-refractivity contribution is 0.0946. The number of imidazole rings is 1. The molecule has 0 saturated carbocycles. The maximum Gasteiger partial charge on any atom is 0.285 e. The molecule has 13 heavy (non-hydrogen) atoms. The minimum Gasteiger partial charge on any atom is -0.289 e. The first-order valence-corrected chi connectivity index (χ1v) is 3.62. The number of rotatable bonds is 1. The average Bonchev–Trinajstić information content (AvgIpc) is 2.60. The fraction of sp³-hybridized carbons (Fsp3) is 0. The zero-order valence-corrected chi connectivity index (χ0v) is 6.64. The minimum absolute atomic E-state index is 0.318. The minimum atomic E-state index is -0.411. The summed E-state index contributed by atoms with van der Waals surface area (Å²) in [5.74, 6) is 4.57. The number of nitrogen functional groups attached to an aromatic ring is 1. The molecule has 0 bridgehead atoms. The Morgan fingerprint density at radius 1 is 1.62 bits per heavy atom. The molecule has 6 heteroatoms. The molecule has 1 amide bonds. The molecule has 2 rings (SSSR count). The Labute approximate surface area is 73.3 Å². The van der Waals surface area contributed by atoms with Gasteiger partial charge in [-0.1, -0.05) is 0 Å². The van der Waals surface area contributed by atoms with Crippen LogP contribution in [0.2, 0.25) is 0 Å². The fourth-order valence-corrected chi connectivity index (χ4v) is 1.06. The highest BCUT2D eigenvalue weighted by atomic mass is 16.2. The number of fused-ring (bicyclic) bond motifs is 1. The first-order valence-electron chi connectivity index (χ1n) is 3.62. The van der Waals surface area contributed by atoms with Crippen molar-refractivity contribution in [2.45, 2.75) is 0 Å². The van der Waals surface area contributed by atoms with E-state index in [9.17, 15) is 4.79 Å². The average molecular weight is 177 g/mol. The lowest BCUT2D eigenvalue weighted by atomic mass is 10.4. The van der Waals surface area contributed by atoms with E-state index in [0.29, 0.717) is 11.3 Å². The van der Waals surface area contributed by atoms with Gasteiger partial charge in [0.1, 0.15) is 0 Å². The van der Waals surface area contributed by atoms with Crippen molar-refractivity contribution in [2.75, 3.05) is 0 Å². The van der Waals surface area contributed by atoms with E-state index < -0.39 is 5.91 Å². The first kappa shape index (κ1) is 7.69. The van der Waals surface area contributed by atoms with Crippen LogP contribution >= 0.6 is 0 Å². The molecule has 0 atom stereocenters. The van der Waals surface area contributed by atoms with Crippen molar-refractivity contribution in [2.24, 2.45) is 5.84 Å². The zero-order valence-electron chi connectivity index (χ0n) is 6.64. The van der Waals surface area contributed by atoms with Gasteiger partial charge in [-0.25, -0.2) is 15.3 Å². The number of carbonyl (C=O) groups excluding carboxylic acids is 1. The highest BCUT2D eigenvalue weighted by Gasteiger charge is 2.10. The molecule has 0 fully saturated rings. The maximum absolute atomic E-state index is 11.2. The van der Waals surface area contributed by atoms with Crippen LogP contribution in [0.25, 0.3) is 5.65 Å². The zero-order chi connectivity index (χ0) is 9.26. The van der Waals surface area contributed by atoms with Gasteiger partial charge in [-0.15, -0.1) is 0 Å². The SMILES string of the molecule is NNC(=O)c1cnc2cccnn12. The standard InChI is InChI=1S/C7H7N5O/c8-11-7(13)5-4-9-6-2-1-3-10-12(5)6/h1-4H,8H2,(H,11,13). The molecule has 0 aliphatic heterocycles. The molecule has 0 saturated heterocycles. The smallest absolute Gasteiger partial charge is 0.285 e. The second-order valence-electron chi connectivity index (χ2n) is 2.41. The number of carbonyl (C=O) groups is 1. The molecule has 0 aromatic carbocycles. The molecule has 0 radical (unpaired) electrons. The molecule has 0 aliphatic carbocycles. The van der Waals surface area contributed by atoms with E-state index in [1.54, 1.807) is 18.3 Å². The van der Waals surface area contributed by atoms with Gasteiger partial charge in [0.2, 0.25) is 0 Å². The molecule has 0 spiro atoms. The molecule has 6 nitrogen and oxygen atoms in total. The van der Waals surface area contributed by atoms with Crippen LogP contribution in [0, 0.1) is 0 Å². The summed E-state index contributed by atoms with van der Waals surface area (Å²) in [7, 11) is 0. The van der Waals surface area contributed by atoms with Crippen LogP contribution in [0.1, 0.15) is 10.5 Å². The van der Waals surface area contributed by atoms with E-state index in [-0.39, 0.29) is 0 Å². The molecule has 0 unspecified atom stereocenters. The molecule has 3 N–H and O–H groups in total. The third-order valence-electron chi connectivity index (χ3n) is 1.64. The second kappa shape index (κ2) is 2.83. The predicted molar refractivity (Wildman–Crippen MR) is 44.6 cm³/mol. The van der Waals surface area contributed by atoms with Crippen LogP contribution in [0.4, 0.5) is 0 Å². The fourth-order valence-electron chi connectivity index (χ4n) is 1.06. The maximum atomic E-state index is 11.2. The van der Waals surface area contributed by atoms with E-state index in [1.807, 2.05) is 5.43 Å². The van der Waals surface area contributed by atoms with Crippen LogP contribution in [-0.4, -0.2) is 20.5 Å². The van der Waals surface area contributed by atoms with E-state index in [0.717, 1.165) is 0 Å². The van der Waals surface area contributed by atoms with Crippen LogP contribution < -0.4 is 11.3 Å². The van der Waals surface area contributed by atoms with Gasteiger partial charge >= 0.3 is 0 Å². The molecular formula is C7H7N5O. The summed E-state index contributed by atoms with van der Waals surface area (Å²) < 4.78 is 1.42. The topological polar surface area (TPSA) is 85.3 Å². The van der Waals surface area contributed by atoms with Gasteiger partial charge in [-0.2, -0.15) is 5.10 Å². The van der Waals surface area contributed by atoms with E-state index in [2.05, 4.69) is 10.1 Å². The van der Waals surface area contributed by atoms with Gasteiger partial charge in [-0.05, 0) is 12.1 Å². The number of amides is 1. The van der Waals surface area contributed by atoms with Crippen molar-refractivity contribution in [3.8, 4) is 0 Å². The van der Waals surface area contributed by atoms with Crippen molar-refractivity contribution >= 4 is 11.6 Å². The van der Waals surface area contributed by atoms with Gasteiger partial charge < -0.3 is 0 Å². The van der Waals surface area contributed by atoms with Crippen molar-refractivity contribution in [1.82, 2.24) is 20.0 Å². The summed E-state index contributed by atoms with van der Waals surface area (Å²) in [4.78, 5) is 15.1. The second-order valence-corrected chi connectivity index (χ2v) is 2.41. The van der Waals surface area contributed by atoms with Crippen molar-refractivity contribution in [3.05, 3.63) is 30.2 Å². The molecular weight excluding hydrogens is 170 g/mol. The van der Waals surface area contributed by atoms with E-state index in [1.165, 1.54) is 10.7 Å². The summed E-state index contributed by atoms with van der Waals surface area (Å²) in [6.07, 6.45) is 2.99. The number of aromatic nitrogens is 3. The van der Waals surface area contributed by atoms with Crippen LogP contribution in [0.3, 0.4) is 0 Å².